The van der Waals surface area contributed by atoms with Crippen LogP contribution in [0.1, 0.15) is 4.88 Å². The molecule has 29 heavy (non-hydrogen) atoms. The lowest BCUT2D eigenvalue weighted by Gasteiger charge is -2.06. The van der Waals surface area contributed by atoms with Crippen molar-refractivity contribution in [1.82, 2.24) is 13.9 Å². The summed E-state index contributed by atoms with van der Waals surface area (Å²) >= 11 is 7.27. The van der Waals surface area contributed by atoms with E-state index in [9.17, 15) is 4.79 Å². The van der Waals surface area contributed by atoms with Gasteiger partial charge in [-0.25, -0.2) is 9.78 Å². The molecule has 2 heterocycles. The van der Waals surface area contributed by atoms with Gasteiger partial charge in [0.15, 0.2) is 0 Å². The molecule has 0 saturated heterocycles. The summed E-state index contributed by atoms with van der Waals surface area (Å²) in [4.78, 5) is 17.2. The van der Waals surface area contributed by atoms with E-state index in [0.717, 1.165) is 27.2 Å². The van der Waals surface area contributed by atoms with E-state index in [2.05, 4.69) is 14.7 Å². The van der Waals surface area contributed by atoms with E-state index in [1.165, 1.54) is 11.5 Å². The summed E-state index contributed by atoms with van der Waals surface area (Å²) in [7, 11) is 3.50. The third kappa shape index (κ3) is 4.18. The van der Waals surface area contributed by atoms with Crippen LogP contribution >= 0.6 is 23.1 Å². The van der Waals surface area contributed by atoms with Gasteiger partial charge in [-0.2, -0.15) is 4.37 Å². The maximum absolute atomic E-state index is 12.1. The molecule has 0 aliphatic heterocycles. The Labute approximate surface area is 176 Å². The van der Waals surface area contributed by atoms with Crippen LogP contribution in [0.3, 0.4) is 0 Å². The van der Waals surface area contributed by atoms with Gasteiger partial charge < -0.3 is 14.0 Å². The predicted octanol–water partition coefficient (Wildman–Crippen LogP) is 5.11. The van der Waals surface area contributed by atoms with Gasteiger partial charge in [-0.05, 0) is 54.0 Å². The SMILES string of the molecule is COc1cc(Cl)ccc1-c1cc(COC(=O)Nc2ccc3c(c2)ncn3C)sn1. The van der Waals surface area contributed by atoms with Crippen molar-refractivity contribution in [3.63, 3.8) is 0 Å². The molecule has 2 aromatic carbocycles. The zero-order chi connectivity index (χ0) is 20.4. The molecule has 0 saturated carbocycles. The number of hydrogen-bond donors (Lipinski definition) is 1. The number of anilines is 1. The molecule has 9 heteroatoms. The normalized spacial score (nSPS) is 10.9. The predicted molar refractivity (Wildman–Crippen MR) is 114 cm³/mol. The van der Waals surface area contributed by atoms with Crippen LogP contribution in [0.4, 0.5) is 10.5 Å². The zero-order valence-corrected chi connectivity index (χ0v) is 17.3. The fourth-order valence-electron chi connectivity index (χ4n) is 2.89. The molecule has 0 aliphatic carbocycles. The lowest BCUT2D eigenvalue weighted by atomic mass is 10.1. The number of nitrogens with zero attached hydrogens (tertiary/aromatic N) is 3. The number of halogens is 1. The van der Waals surface area contributed by atoms with E-state index in [4.69, 9.17) is 21.1 Å². The van der Waals surface area contributed by atoms with Gasteiger partial charge in [0.2, 0.25) is 0 Å². The molecular weight excluding hydrogens is 412 g/mol. The van der Waals surface area contributed by atoms with Gasteiger partial charge in [0, 0.05) is 23.3 Å². The van der Waals surface area contributed by atoms with E-state index in [1.54, 1.807) is 31.6 Å². The highest BCUT2D eigenvalue weighted by Gasteiger charge is 2.12. The number of ether oxygens (including phenoxy) is 2. The molecule has 0 radical (unpaired) electrons. The summed E-state index contributed by atoms with van der Waals surface area (Å²) < 4.78 is 17.0. The molecule has 0 fully saturated rings. The molecule has 1 amide bonds. The number of hydrogen-bond acceptors (Lipinski definition) is 6. The van der Waals surface area contributed by atoms with Crippen molar-refractivity contribution in [3.8, 4) is 17.0 Å². The van der Waals surface area contributed by atoms with Crippen molar-refractivity contribution in [2.45, 2.75) is 6.61 Å². The quantitative estimate of drug-likeness (QED) is 0.478. The number of nitrogens with one attached hydrogen (secondary N) is 1. The number of aromatic nitrogens is 3. The van der Waals surface area contributed by atoms with Crippen LogP contribution in [-0.2, 0) is 18.4 Å². The highest BCUT2D eigenvalue weighted by Crippen LogP contribution is 2.33. The summed E-state index contributed by atoms with van der Waals surface area (Å²) in [5, 5.41) is 3.30. The number of carbonyl (C=O) groups excluding carboxylic acids is 1. The number of amides is 1. The molecule has 0 spiro atoms. The van der Waals surface area contributed by atoms with Crippen LogP contribution in [0.25, 0.3) is 22.3 Å². The molecular formula is C20H17ClN4O3S. The van der Waals surface area contributed by atoms with Crippen LogP contribution in [0.15, 0.2) is 48.8 Å². The number of rotatable bonds is 5. The van der Waals surface area contributed by atoms with E-state index >= 15 is 0 Å². The Kier molecular flexibility index (Phi) is 5.37. The molecule has 4 rings (SSSR count). The molecule has 7 nitrogen and oxygen atoms in total. The summed E-state index contributed by atoms with van der Waals surface area (Å²) in [6.45, 7) is 0.116. The smallest absolute Gasteiger partial charge is 0.411 e. The van der Waals surface area contributed by atoms with Crippen molar-refractivity contribution >= 4 is 45.9 Å². The molecule has 2 aromatic heterocycles. The molecule has 1 N–H and O–H groups in total. The Morgan fingerprint density at radius 1 is 1.24 bits per heavy atom. The Balaban J connectivity index is 1.39. The Bertz CT molecular complexity index is 1190. The van der Waals surface area contributed by atoms with Crippen molar-refractivity contribution in [1.29, 1.82) is 0 Å². The van der Waals surface area contributed by atoms with Gasteiger partial charge >= 0.3 is 6.09 Å². The molecule has 0 aliphatic rings. The minimum atomic E-state index is -0.542. The highest BCUT2D eigenvalue weighted by molar-refractivity contribution is 7.06. The first-order valence-electron chi connectivity index (χ1n) is 8.68. The summed E-state index contributed by atoms with van der Waals surface area (Å²) in [5.41, 5.74) is 3.97. The molecule has 0 bridgehead atoms. The number of methoxy groups -OCH3 is 1. The molecule has 0 atom stereocenters. The number of benzene rings is 2. The second kappa shape index (κ2) is 8.10. The monoisotopic (exact) mass is 428 g/mol. The van der Waals surface area contributed by atoms with E-state index in [0.29, 0.717) is 16.5 Å². The maximum Gasteiger partial charge on any atom is 0.411 e. The van der Waals surface area contributed by atoms with Crippen molar-refractivity contribution < 1.29 is 14.3 Å². The van der Waals surface area contributed by atoms with Gasteiger partial charge in [0.25, 0.3) is 0 Å². The Morgan fingerprint density at radius 2 is 2.10 bits per heavy atom. The molecule has 148 valence electrons. The van der Waals surface area contributed by atoms with Crippen molar-refractivity contribution in [2.75, 3.05) is 12.4 Å². The summed E-state index contributed by atoms with van der Waals surface area (Å²) in [6.07, 6.45) is 1.18. The van der Waals surface area contributed by atoms with E-state index < -0.39 is 6.09 Å². The Hall–Kier alpha value is -3.10. The maximum atomic E-state index is 12.1. The highest BCUT2D eigenvalue weighted by atomic mass is 35.5. The minimum absolute atomic E-state index is 0.116. The molecule has 4 aromatic rings. The van der Waals surface area contributed by atoms with Gasteiger partial charge in [0.05, 0.1) is 35.0 Å². The zero-order valence-electron chi connectivity index (χ0n) is 15.7. The average molecular weight is 429 g/mol. The first-order valence-corrected chi connectivity index (χ1v) is 9.83. The van der Waals surface area contributed by atoms with Crippen molar-refractivity contribution in [3.05, 3.63) is 58.7 Å². The van der Waals surface area contributed by atoms with Crippen LogP contribution in [-0.4, -0.2) is 27.1 Å². The van der Waals surface area contributed by atoms with Crippen LogP contribution in [0.5, 0.6) is 5.75 Å². The van der Waals surface area contributed by atoms with Crippen LogP contribution in [0.2, 0.25) is 5.02 Å². The first-order chi connectivity index (χ1) is 14.0. The summed E-state index contributed by atoms with van der Waals surface area (Å²) in [5.74, 6) is 0.637. The largest absolute Gasteiger partial charge is 0.496 e. The van der Waals surface area contributed by atoms with Gasteiger partial charge in [-0.1, -0.05) is 11.6 Å². The van der Waals surface area contributed by atoms with Gasteiger partial charge in [-0.15, -0.1) is 0 Å². The summed E-state index contributed by atoms with van der Waals surface area (Å²) in [6, 6.07) is 12.7. The van der Waals surface area contributed by atoms with Gasteiger partial charge in [0.1, 0.15) is 12.4 Å². The first kappa shape index (κ1) is 19.2. The lowest BCUT2D eigenvalue weighted by Crippen LogP contribution is -2.13. The fourth-order valence-corrected chi connectivity index (χ4v) is 3.69. The minimum Gasteiger partial charge on any atom is -0.496 e. The van der Waals surface area contributed by atoms with Crippen LogP contribution < -0.4 is 10.1 Å². The van der Waals surface area contributed by atoms with E-state index in [-0.39, 0.29) is 6.61 Å². The second-order valence-electron chi connectivity index (χ2n) is 6.28. The average Bonchev–Trinajstić information content (AvgIpc) is 3.33. The topological polar surface area (TPSA) is 78.3 Å². The third-order valence-electron chi connectivity index (χ3n) is 4.32. The lowest BCUT2D eigenvalue weighted by molar-refractivity contribution is 0.156. The Morgan fingerprint density at radius 3 is 2.93 bits per heavy atom. The molecule has 0 unspecified atom stereocenters. The fraction of sp³-hybridized carbons (Fsp3) is 0.150. The van der Waals surface area contributed by atoms with E-state index in [1.807, 2.05) is 35.9 Å². The third-order valence-corrected chi connectivity index (χ3v) is 5.31. The standard InChI is InChI=1S/C20H17ClN4O3S/c1-25-11-22-17-8-13(4-6-18(17)25)23-20(26)28-10-14-9-16(24-29-14)15-5-3-12(21)7-19(15)27-2/h3-9,11H,10H2,1-2H3,(H,23,26). The van der Waals surface area contributed by atoms with Crippen LogP contribution in [0, 0.1) is 0 Å². The number of carbonyl (C=O) groups is 1. The van der Waals surface area contributed by atoms with Gasteiger partial charge in [-0.3, -0.25) is 5.32 Å². The van der Waals surface area contributed by atoms with Crippen molar-refractivity contribution in [2.24, 2.45) is 7.05 Å². The number of aryl methyl sites for hydroxylation is 1. The second-order valence-corrected chi connectivity index (χ2v) is 7.61. The number of imidazole rings is 1. The number of fused-ring (bicyclic) bond motifs is 1.